The molecule has 0 aromatic heterocycles. The van der Waals surface area contributed by atoms with Crippen molar-refractivity contribution in [1.29, 1.82) is 0 Å². The summed E-state index contributed by atoms with van der Waals surface area (Å²) in [7, 11) is 3.35. The number of hydrogen-bond donors (Lipinski definition) is 1. The first kappa shape index (κ1) is 28.7. The fraction of sp³-hybridized carbons (Fsp3) is 1.00. The molecule has 0 aliphatic carbocycles. The van der Waals surface area contributed by atoms with Crippen LogP contribution < -0.4 is 5.32 Å². The predicted octanol–water partition coefficient (Wildman–Crippen LogP) is 1.43. The van der Waals surface area contributed by atoms with Crippen molar-refractivity contribution in [2.75, 3.05) is 113 Å². The van der Waals surface area contributed by atoms with E-state index in [4.69, 9.17) is 28.4 Å². The topological polar surface area (TPSA) is 70.7 Å². The van der Waals surface area contributed by atoms with Crippen LogP contribution in [0.25, 0.3) is 0 Å². The average Bonchev–Trinajstić information content (AvgIpc) is 2.73. The summed E-state index contributed by atoms with van der Waals surface area (Å²) in [4.78, 5) is 2.40. The number of ether oxygens (including phenoxy) is 6. The van der Waals surface area contributed by atoms with Gasteiger partial charge in [-0.25, -0.2) is 0 Å². The molecular weight excluding hydrogens is 376 g/mol. The number of hydrogen-bond acceptors (Lipinski definition) is 8. The first-order valence-corrected chi connectivity index (χ1v) is 11.1. The maximum Gasteiger partial charge on any atom is 0.0701 e. The van der Waals surface area contributed by atoms with Crippen molar-refractivity contribution in [3.05, 3.63) is 0 Å². The molecule has 0 fully saturated rings. The molecule has 0 saturated carbocycles. The lowest BCUT2D eigenvalue weighted by molar-refractivity contribution is 0.00930. The van der Waals surface area contributed by atoms with Crippen LogP contribution in [0.1, 0.15) is 26.2 Å². The van der Waals surface area contributed by atoms with Crippen molar-refractivity contribution in [3.8, 4) is 0 Å². The Morgan fingerprint density at radius 2 is 1.00 bits per heavy atom. The van der Waals surface area contributed by atoms with Crippen molar-refractivity contribution in [1.82, 2.24) is 10.2 Å². The standard InChI is InChI=1S/C21H46N2O6/c1-4-5-7-22-8-6-9-23(10-12-26-18-20-28-16-14-24-2)11-13-27-19-21-29-17-15-25-3/h22H,4-21H2,1-3H3. The zero-order valence-corrected chi connectivity index (χ0v) is 19.1. The Bertz CT molecular complexity index is 280. The van der Waals surface area contributed by atoms with E-state index in [0.717, 1.165) is 39.1 Å². The predicted molar refractivity (Wildman–Crippen MR) is 116 cm³/mol. The second-order valence-corrected chi connectivity index (χ2v) is 6.73. The summed E-state index contributed by atoms with van der Waals surface area (Å²) >= 11 is 0. The van der Waals surface area contributed by atoms with E-state index >= 15 is 0 Å². The molecule has 29 heavy (non-hydrogen) atoms. The maximum absolute atomic E-state index is 5.69. The highest BCUT2D eigenvalue weighted by atomic mass is 16.5. The Morgan fingerprint density at radius 1 is 0.552 bits per heavy atom. The van der Waals surface area contributed by atoms with Crippen molar-refractivity contribution >= 4 is 0 Å². The first-order chi connectivity index (χ1) is 14.3. The van der Waals surface area contributed by atoms with Crippen LogP contribution in [0.15, 0.2) is 0 Å². The molecule has 0 amide bonds. The summed E-state index contributed by atoms with van der Waals surface area (Å²) in [5, 5.41) is 3.50. The highest BCUT2D eigenvalue weighted by Gasteiger charge is 2.05. The molecule has 8 nitrogen and oxygen atoms in total. The van der Waals surface area contributed by atoms with Crippen LogP contribution >= 0.6 is 0 Å². The van der Waals surface area contributed by atoms with E-state index < -0.39 is 0 Å². The molecule has 8 heteroatoms. The summed E-state index contributed by atoms with van der Waals surface area (Å²) in [6.45, 7) is 13.6. The van der Waals surface area contributed by atoms with Gasteiger partial charge < -0.3 is 33.7 Å². The van der Waals surface area contributed by atoms with Gasteiger partial charge in [-0.15, -0.1) is 0 Å². The third-order valence-corrected chi connectivity index (χ3v) is 4.25. The maximum atomic E-state index is 5.69. The summed E-state index contributed by atoms with van der Waals surface area (Å²) in [6, 6.07) is 0. The van der Waals surface area contributed by atoms with Gasteiger partial charge in [-0.1, -0.05) is 13.3 Å². The molecule has 0 rings (SSSR count). The zero-order valence-electron chi connectivity index (χ0n) is 19.1. The summed E-state index contributed by atoms with van der Waals surface area (Å²) < 4.78 is 32.1. The second-order valence-electron chi connectivity index (χ2n) is 6.73. The molecule has 0 unspecified atom stereocenters. The summed E-state index contributed by atoms with van der Waals surface area (Å²) in [5.74, 6) is 0. The van der Waals surface area contributed by atoms with E-state index in [1.54, 1.807) is 14.2 Å². The van der Waals surface area contributed by atoms with Crippen molar-refractivity contribution in [2.24, 2.45) is 0 Å². The van der Waals surface area contributed by atoms with Gasteiger partial charge in [0.2, 0.25) is 0 Å². The monoisotopic (exact) mass is 422 g/mol. The Balaban J connectivity index is 3.79. The van der Waals surface area contributed by atoms with Crippen molar-refractivity contribution < 1.29 is 28.4 Å². The van der Waals surface area contributed by atoms with Gasteiger partial charge in [0, 0.05) is 27.3 Å². The number of rotatable bonds is 25. The minimum absolute atomic E-state index is 0.608. The molecule has 0 spiro atoms. The van der Waals surface area contributed by atoms with Gasteiger partial charge in [0.1, 0.15) is 0 Å². The molecule has 0 atom stereocenters. The minimum Gasteiger partial charge on any atom is -0.382 e. The van der Waals surface area contributed by atoms with Crippen LogP contribution in [-0.4, -0.2) is 118 Å². The second kappa shape index (κ2) is 25.7. The summed E-state index contributed by atoms with van der Waals surface area (Å²) in [5.41, 5.74) is 0. The number of unbranched alkanes of at least 4 members (excludes halogenated alkanes) is 1. The van der Waals surface area contributed by atoms with Gasteiger partial charge in [0.25, 0.3) is 0 Å². The van der Waals surface area contributed by atoms with E-state index in [-0.39, 0.29) is 0 Å². The van der Waals surface area contributed by atoms with Crippen LogP contribution in [0.5, 0.6) is 0 Å². The normalized spacial score (nSPS) is 11.6. The minimum atomic E-state index is 0.608. The molecular formula is C21H46N2O6. The Hall–Kier alpha value is -0.320. The molecule has 176 valence electrons. The molecule has 0 bridgehead atoms. The van der Waals surface area contributed by atoms with Crippen LogP contribution in [0.2, 0.25) is 0 Å². The molecule has 1 N–H and O–H groups in total. The van der Waals surface area contributed by atoms with Crippen LogP contribution in [0.3, 0.4) is 0 Å². The van der Waals surface area contributed by atoms with E-state index in [0.29, 0.717) is 66.1 Å². The van der Waals surface area contributed by atoms with E-state index in [1.165, 1.54) is 12.8 Å². The Morgan fingerprint density at radius 3 is 1.48 bits per heavy atom. The third kappa shape index (κ3) is 23.8. The number of nitrogens with one attached hydrogen (secondary N) is 1. The van der Waals surface area contributed by atoms with E-state index in [2.05, 4.69) is 17.1 Å². The van der Waals surface area contributed by atoms with Gasteiger partial charge >= 0.3 is 0 Å². The number of methoxy groups -OCH3 is 2. The zero-order chi connectivity index (χ0) is 21.3. The SMILES string of the molecule is CCCCNCCCN(CCOCCOCCOC)CCOCCOCCOC. The fourth-order valence-electron chi connectivity index (χ4n) is 2.51. The van der Waals surface area contributed by atoms with Gasteiger partial charge in [-0.05, 0) is 32.5 Å². The van der Waals surface area contributed by atoms with E-state index in [1.807, 2.05) is 0 Å². The van der Waals surface area contributed by atoms with E-state index in [9.17, 15) is 0 Å². The lowest BCUT2D eigenvalue weighted by Crippen LogP contribution is -2.34. The van der Waals surface area contributed by atoms with Gasteiger partial charge in [-0.2, -0.15) is 0 Å². The van der Waals surface area contributed by atoms with Crippen LogP contribution in [0.4, 0.5) is 0 Å². The lowest BCUT2D eigenvalue weighted by atomic mass is 10.3. The van der Waals surface area contributed by atoms with Crippen LogP contribution in [-0.2, 0) is 28.4 Å². The lowest BCUT2D eigenvalue weighted by Gasteiger charge is -2.22. The Kier molecular flexibility index (Phi) is 25.4. The van der Waals surface area contributed by atoms with Crippen molar-refractivity contribution in [2.45, 2.75) is 26.2 Å². The van der Waals surface area contributed by atoms with Crippen molar-refractivity contribution in [3.63, 3.8) is 0 Å². The quantitative estimate of drug-likeness (QED) is 0.222. The Labute approximate surface area is 178 Å². The van der Waals surface area contributed by atoms with Gasteiger partial charge in [-0.3, -0.25) is 4.90 Å². The highest BCUT2D eigenvalue weighted by Crippen LogP contribution is 1.94. The fourth-order valence-corrected chi connectivity index (χ4v) is 2.51. The van der Waals surface area contributed by atoms with Gasteiger partial charge in [0.05, 0.1) is 66.1 Å². The third-order valence-electron chi connectivity index (χ3n) is 4.25. The molecule has 0 aliphatic rings. The number of nitrogens with zero attached hydrogens (tertiary/aromatic N) is 1. The molecule has 0 radical (unpaired) electrons. The molecule has 0 heterocycles. The summed E-state index contributed by atoms with van der Waals surface area (Å²) in [6.07, 6.45) is 3.60. The molecule has 0 aromatic rings. The average molecular weight is 423 g/mol. The molecule has 0 aliphatic heterocycles. The largest absolute Gasteiger partial charge is 0.382 e. The smallest absolute Gasteiger partial charge is 0.0701 e. The highest BCUT2D eigenvalue weighted by molar-refractivity contribution is 4.59. The molecule has 0 aromatic carbocycles. The van der Waals surface area contributed by atoms with Gasteiger partial charge in [0.15, 0.2) is 0 Å². The molecule has 0 saturated heterocycles. The first-order valence-electron chi connectivity index (χ1n) is 11.1. The van der Waals surface area contributed by atoms with Crippen LogP contribution in [0, 0.1) is 0 Å².